The summed E-state index contributed by atoms with van der Waals surface area (Å²) in [6.07, 6.45) is -0.0452. The lowest BCUT2D eigenvalue weighted by Gasteiger charge is -2.49. The van der Waals surface area contributed by atoms with Crippen molar-refractivity contribution in [1.29, 1.82) is 0 Å². The second-order valence-electron chi connectivity index (χ2n) is 15.2. The highest BCUT2D eigenvalue weighted by Crippen LogP contribution is 2.36. The van der Waals surface area contributed by atoms with Crippen molar-refractivity contribution in [3.05, 3.63) is 53.0 Å². The molecule has 12 nitrogen and oxygen atoms in total. The van der Waals surface area contributed by atoms with Gasteiger partial charge in [0.2, 0.25) is 11.8 Å². The lowest BCUT2D eigenvalue weighted by Crippen LogP contribution is -2.65. The van der Waals surface area contributed by atoms with Crippen LogP contribution in [0.5, 0.6) is 5.88 Å². The topological polar surface area (TPSA) is 108 Å². The van der Waals surface area contributed by atoms with Crippen molar-refractivity contribution in [2.24, 2.45) is 0 Å². The summed E-state index contributed by atoms with van der Waals surface area (Å²) in [4.78, 5) is 55.3. The smallest absolute Gasteiger partial charge is 0.410 e. The lowest BCUT2D eigenvalue weighted by molar-refractivity contribution is -0.123. The van der Waals surface area contributed by atoms with E-state index in [-0.39, 0.29) is 78.7 Å². The molecule has 2 fully saturated rings. The molecule has 13 heteroatoms. The Kier molecular flexibility index (Phi) is 11.4. The Morgan fingerprint density at radius 2 is 1.62 bits per heavy atom. The average molecular weight is 697 g/mol. The van der Waals surface area contributed by atoms with Gasteiger partial charge in [-0.2, -0.15) is 0 Å². The van der Waals surface area contributed by atoms with Gasteiger partial charge in [0.15, 0.2) is 0 Å². The van der Waals surface area contributed by atoms with Crippen molar-refractivity contribution >= 4 is 23.6 Å². The molecule has 2 saturated heterocycles. The Balaban J connectivity index is 1.45. The van der Waals surface area contributed by atoms with Gasteiger partial charge in [0.25, 0.3) is 5.91 Å². The predicted octanol–water partition coefficient (Wildman–Crippen LogP) is 4.05. The van der Waals surface area contributed by atoms with Gasteiger partial charge in [-0.05, 0) is 84.2 Å². The van der Waals surface area contributed by atoms with E-state index in [1.165, 1.54) is 17.0 Å². The molecule has 4 heterocycles. The van der Waals surface area contributed by atoms with Gasteiger partial charge in [0.1, 0.15) is 29.4 Å². The van der Waals surface area contributed by atoms with E-state index < -0.39 is 5.60 Å². The fraction of sp³-hybridized carbons (Fsp3) is 0.622. The summed E-state index contributed by atoms with van der Waals surface area (Å²) in [5, 5.41) is 0. The Labute approximate surface area is 295 Å². The molecule has 1 aromatic heterocycles. The average Bonchev–Trinajstić information content (AvgIpc) is 3.03. The molecule has 3 aliphatic rings. The molecule has 2 aromatic rings. The van der Waals surface area contributed by atoms with E-state index in [2.05, 4.69) is 28.6 Å². The fourth-order valence-corrected chi connectivity index (χ4v) is 6.99. The first-order chi connectivity index (χ1) is 23.5. The summed E-state index contributed by atoms with van der Waals surface area (Å²) in [7, 11) is 3.31. The first-order valence-corrected chi connectivity index (χ1v) is 17.5. The summed E-state index contributed by atoms with van der Waals surface area (Å²) in [5.74, 6) is -0.552. The number of benzene rings is 1. The van der Waals surface area contributed by atoms with E-state index in [4.69, 9.17) is 14.2 Å². The number of carbonyl (C=O) groups is 3. The van der Waals surface area contributed by atoms with Crippen LogP contribution in [0, 0.1) is 5.82 Å². The third-order valence-corrected chi connectivity index (χ3v) is 9.59. The van der Waals surface area contributed by atoms with Crippen LogP contribution in [0.4, 0.5) is 14.9 Å². The molecule has 0 bridgehead atoms. The number of aromatic nitrogens is 1. The number of pyridine rings is 1. The highest BCUT2D eigenvalue weighted by atomic mass is 19.1. The fourth-order valence-electron chi connectivity index (χ4n) is 6.99. The number of nitrogens with zero attached hydrogens (tertiary/aromatic N) is 6. The van der Waals surface area contributed by atoms with Gasteiger partial charge >= 0.3 is 6.09 Å². The van der Waals surface area contributed by atoms with E-state index in [1.54, 1.807) is 36.0 Å². The zero-order valence-electron chi connectivity index (χ0n) is 30.9. The molecule has 5 atom stereocenters. The van der Waals surface area contributed by atoms with Crippen LogP contribution in [0.15, 0.2) is 30.3 Å². The van der Waals surface area contributed by atoms with Crippen LogP contribution in [-0.4, -0.2) is 138 Å². The van der Waals surface area contributed by atoms with Gasteiger partial charge in [-0.1, -0.05) is 12.1 Å². The van der Waals surface area contributed by atoms with Crippen LogP contribution in [0.1, 0.15) is 70.1 Å². The largest absolute Gasteiger partial charge is 0.474 e. The van der Waals surface area contributed by atoms with Crippen molar-refractivity contribution in [3.63, 3.8) is 0 Å². The minimum atomic E-state index is -0.632. The first kappa shape index (κ1) is 37.4. The summed E-state index contributed by atoms with van der Waals surface area (Å²) in [5.41, 5.74) is 1.49. The number of amides is 3. The number of piperazine rings is 1. The van der Waals surface area contributed by atoms with Crippen LogP contribution >= 0.6 is 0 Å². The number of rotatable bonds is 7. The van der Waals surface area contributed by atoms with Crippen LogP contribution < -0.4 is 9.64 Å². The van der Waals surface area contributed by atoms with Gasteiger partial charge in [0.05, 0.1) is 25.8 Å². The van der Waals surface area contributed by atoms with Crippen molar-refractivity contribution in [1.82, 2.24) is 24.6 Å². The third kappa shape index (κ3) is 8.55. The molecule has 5 rings (SSSR count). The summed E-state index contributed by atoms with van der Waals surface area (Å²) < 4.78 is 31.3. The normalized spacial score (nSPS) is 24.7. The second kappa shape index (κ2) is 15.2. The van der Waals surface area contributed by atoms with Crippen molar-refractivity contribution in [3.8, 4) is 5.88 Å². The Morgan fingerprint density at radius 3 is 2.24 bits per heavy atom. The lowest BCUT2D eigenvalue weighted by atomic mass is 10.0. The molecule has 0 saturated carbocycles. The van der Waals surface area contributed by atoms with Crippen LogP contribution in [0.3, 0.4) is 0 Å². The quantitative estimate of drug-likeness (QED) is 0.424. The third-order valence-electron chi connectivity index (χ3n) is 9.59. The zero-order chi connectivity index (χ0) is 36.5. The molecule has 1 aromatic carbocycles. The van der Waals surface area contributed by atoms with Gasteiger partial charge in [-0.15, -0.1) is 0 Å². The maximum absolute atomic E-state index is 14.5. The molecular formula is C37H53FN6O6. The summed E-state index contributed by atoms with van der Waals surface area (Å²) >= 11 is 0. The maximum Gasteiger partial charge on any atom is 0.410 e. The van der Waals surface area contributed by atoms with Crippen molar-refractivity contribution < 1.29 is 33.0 Å². The van der Waals surface area contributed by atoms with Gasteiger partial charge in [-0.25, -0.2) is 14.2 Å². The Morgan fingerprint density at radius 1 is 0.960 bits per heavy atom. The van der Waals surface area contributed by atoms with Gasteiger partial charge < -0.3 is 28.9 Å². The van der Waals surface area contributed by atoms with E-state index in [0.29, 0.717) is 50.5 Å². The molecule has 3 aliphatic heterocycles. The van der Waals surface area contributed by atoms with Crippen LogP contribution in [0.25, 0.3) is 0 Å². The predicted molar refractivity (Wildman–Crippen MR) is 188 cm³/mol. The van der Waals surface area contributed by atoms with Gasteiger partial charge in [-0.3, -0.25) is 19.4 Å². The molecular weight excluding hydrogens is 643 g/mol. The molecule has 0 N–H and O–H groups in total. The van der Waals surface area contributed by atoms with Gasteiger partial charge in [0, 0.05) is 57.9 Å². The first-order valence-electron chi connectivity index (χ1n) is 17.5. The summed E-state index contributed by atoms with van der Waals surface area (Å²) in [6, 6.07) is 7.66. The van der Waals surface area contributed by atoms with Crippen LogP contribution in [0.2, 0.25) is 0 Å². The SMILES string of the molecule is C[C@@H]1CN(CC(=O)N2c3cc(Cc4ccc(F)cc4)c(C(=O)N(C)C)nc3OC[C@@H]2C)[C@@H](CN2[C@H](C)COC[C@H]2C)CN1C(=O)OC(C)(C)C. The number of morpholine rings is 1. The standard InChI is InChI=1S/C37H53FN6O6/c1-23-16-41(30(17-42-24(2)20-48-21-25(42)3)18-43(23)36(47)50-37(5,6)7)19-32(45)44-26(4)22-49-34-31(44)15-28(33(39-34)35(46)40(8)9)14-27-10-12-29(38)13-11-27/h10-13,15,23-26,30H,14,16-22H2,1-9H3/t23-,24-,25-,26+,30+/m1/s1. The minimum absolute atomic E-state index is 0.111. The molecule has 0 unspecified atom stereocenters. The number of anilines is 1. The molecule has 3 amide bonds. The molecule has 274 valence electrons. The van der Waals surface area contributed by atoms with E-state index >= 15 is 0 Å². The van der Waals surface area contributed by atoms with E-state index in [0.717, 1.165) is 5.56 Å². The molecule has 0 spiro atoms. The van der Waals surface area contributed by atoms with Crippen molar-refractivity contribution in [2.45, 2.75) is 90.7 Å². The molecule has 50 heavy (non-hydrogen) atoms. The highest BCUT2D eigenvalue weighted by Gasteiger charge is 2.41. The number of hydrogen-bond donors (Lipinski definition) is 0. The number of hydrogen-bond acceptors (Lipinski definition) is 9. The number of ether oxygens (including phenoxy) is 3. The number of fused-ring (bicyclic) bond motifs is 1. The summed E-state index contributed by atoms with van der Waals surface area (Å²) in [6.45, 7) is 16.9. The maximum atomic E-state index is 14.5. The van der Waals surface area contributed by atoms with E-state index in [1.807, 2.05) is 40.7 Å². The number of halogens is 1. The monoisotopic (exact) mass is 696 g/mol. The second-order valence-corrected chi connectivity index (χ2v) is 15.2. The van der Waals surface area contributed by atoms with Crippen molar-refractivity contribution in [2.75, 3.05) is 65.0 Å². The van der Waals surface area contributed by atoms with Crippen LogP contribution in [-0.2, 0) is 20.7 Å². The highest BCUT2D eigenvalue weighted by molar-refractivity contribution is 5.99. The number of carbonyl (C=O) groups excluding carboxylic acids is 3. The Bertz CT molecular complexity index is 1540. The molecule has 0 aliphatic carbocycles. The minimum Gasteiger partial charge on any atom is -0.474 e. The molecule has 0 radical (unpaired) electrons. The zero-order valence-corrected chi connectivity index (χ0v) is 30.9. The van der Waals surface area contributed by atoms with E-state index in [9.17, 15) is 18.8 Å². The Hall–Kier alpha value is -3.81.